The van der Waals surface area contributed by atoms with E-state index in [4.69, 9.17) is 21.4 Å². The number of carbonyl (C=O) groups is 1. The highest BCUT2D eigenvalue weighted by Crippen LogP contribution is 2.28. The van der Waals surface area contributed by atoms with Crippen molar-refractivity contribution in [2.75, 3.05) is 5.32 Å². The van der Waals surface area contributed by atoms with Crippen molar-refractivity contribution in [3.05, 3.63) is 77.9 Å². The molecule has 0 radical (unpaired) electrons. The highest BCUT2D eigenvalue weighted by atomic mass is 32.1. The number of oxazole rings is 1. The van der Waals surface area contributed by atoms with E-state index in [-0.39, 0.29) is 17.1 Å². The number of hydrogen-bond acceptors (Lipinski definition) is 5. The Kier molecular flexibility index (Phi) is 8.00. The van der Waals surface area contributed by atoms with Crippen LogP contribution in [0, 0.1) is 0 Å². The van der Waals surface area contributed by atoms with Crippen molar-refractivity contribution in [2.45, 2.75) is 52.6 Å². The number of hydrogen-bond donors (Lipinski definition) is 2. The molecule has 2 atom stereocenters. The number of ether oxygens (including phenoxy) is 1. The average Bonchev–Trinajstić information content (AvgIpc) is 3.32. The number of nitrogens with zero attached hydrogens (tertiary/aromatic N) is 1. The number of anilines is 1. The normalized spacial score (nSPS) is 12.7. The summed E-state index contributed by atoms with van der Waals surface area (Å²) in [5, 5.41) is 5.97. The van der Waals surface area contributed by atoms with Crippen LogP contribution in [0.15, 0.2) is 71.1 Å². The minimum atomic E-state index is -0.289. The monoisotopic (exact) mass is 501 g/mol. The van der Waals surface area contributed by atoms with Crippen molar-refractivity contribution in [1.29, 1.82) is 0 Å². The lowest BCUT2D eigenvalue weighted by Crippen LogP contribution is -2.34. The Morgan fingerprint density at radius 2 is 1.72 bits per heavy atom. The lowest BCUT2D eigenvalue weighted by Gasteiger charge is -2.13. The molecule has 0 aliphatic carbocycles. The maximum Gasteiger partial charge on any atom is 0.257 e. The number of carbonyl (C=O) groups excluding carboxylic acids is 1. The van der Waals surface area contributed by atoms with Crippen molar-refractivity contribution < 1.29 is 13.9 Å². The van der Waals surface area contributed by atoms with E-state index in [1.807, 2.05) is 37.3 Å². The first-order valence-corrected chi connectivity index (χ1v) is 12.7. The molecule has 0 saturated heterocycles. The fraction of sp³-hybridized carbons (Fsp3) is 0.276. The summed E-state index contributed by atoms with van der Waals surface area (Å²) in [4.78, 5) is 17.2. The van der Waals surface area contributed by atoms with Gasteiger partial charge < -0.3 is 14.5 Å². The molecule has 0 spiro atoms. The van der Waals surface area contributed by atoms with E-state index in [0.29, 0.717) is 17.4 Å². The second-order valence-corrected chi connectivity index (χ2v) is 9.31. The Morgan fingerprint density at radius 1 is 1.00 bits per heavy atom. The summed E-state index contributed by atoms with van der Waals surface area (Å²) < 4.78 is 11.7. The molecule has 4 rings (SSSR count). The molecule has 2 N–H and O–H groups in total. The predicted molar refractivity (Wildman–Crippen MR) is 149 cm³/mol. The van der Waals surface area contributed by atoms with Crippen LogP contribution in [-0.4, -0.2) is 22.1 Å². The summed E-state index contributed by atoms with van der Waals surface area (Å²) in [7, 11) is 0. The SMILES string of the molecule is CC[C@H](C)Oc1ccc(C(=O)NC(=S)Nc2ccc(-c3nc4cc([C@@H](C)CC)ccc4o3)cc2)cc1. The third-order valence-corrected chi connectivity index (χ3v) is 6.44. The summed E-state index contributed by atoms with van der Waals surface area (Å²) in [5.74, 6) is 1.49. The number of rotatable bonds is 8. The molecule has 4 aromatic rings. The minimum Gasteiger partial charge on any atom is -0.491 e. The number of nitrogens with one attached hydrogen (secondary N) is 2. The number of aromatic nitrogens is 1. The predicted octanol–water partition coefficient (Wildman–Crippen LogP) is 7.31. The van der Waals surface area contributed by atoms with Gasteiger partial charge in [-0.15, -0.1) is 0 Å². The first-order chi connectivity index (χ1) is 17.4. The maximum atomic E-state index is 12.5. The number of thiocarbonyl (C=S) groups is 1. The zero-order valence-electron chi connectivity index (χ0n) is 21.0. The van der Waals surface area contributed by atoms with Crippen LogP contribution in [0.1, 0.15) is 62.4 Å². The molecule has 0 unspecified atom stereocenters. The molecular weight excluding hydrogens is 470 g/mol. The van der Waals surface area contributed by atoms with E-state index in [1.54, 1.807) is 24.3 Å². The van der Waals surface area contributed by atoms with E-state index >= 15 is 0 Å². The third-order valence-electron chi connectivity index (χ3n) is 6.24. The quantitative estimate of drug-likeness (QED) is 0.247. The molecule has 186 valence electrons. The van der Waals surface area contributed by atoms with Crippen LogP contribution in [0.2, 0.25) is 0 Å². The standard InChI is InChI=1S/C29H31N3O3S/c1-5-18(3)22-11-16-26-25(17-22)31-28(35-26)21-7-12-23(13-8-21)30-29(36)32-27(33)20-9-14-24(15-10-20)34-19(4)6-2/h7-19H,5-6H2,1-4H3,(H2,30,32,33,36)/t18-,19-/m0/s1. The zero-order valence-corrected chi connectivity index (χ0v) is 21.8. The smallest absolute Gasteiger partial charge is 0.257 e. The summed E-state index contributed by atoms with van der Waals surface area (Å²) in [5.41, 5.74) is 4.98. The van der Waals surface area contributed by atoms with Crippen LogP contribution in [0.3, 0.4) is 0 Å². The van der Waals surface area contributed by atoms with Gasteiger partial charge in [0.2, 0.25) is 5.89 Å². The summed E-state index contributed by atoms with van der Waals surface area (Å²) in [6.07, 6.45) is 2.11. The van der Waals surface area contributed by atoms with E-state index < -0.39 is 0 Å². The van der Waals surface area contributed by atoms with Crippen molar-refractivity contribution in [2.24, 2.45) is 0 Å². The molecular formula is C29H31N3O3S. The molecule has 3 aromatic carbocycles. The van der Waals surface area contributed by atoms with Gasteiger partial charge in [0.15, 0.2) is 10.7 Å². The Labute approximate surface area is 217 Å². The van der Waals surface area contributed by atoms with Gasteiger partial charge in [-0.3, -0.25) is 10.1 Å². The van der Waals surface area contributed by atoms with Crippen LogP contribution in [0.5, 0.6) is 5.75 Å². The third kappa shape index (κ3) is 6.10. The Hall–Kier alpha value is -3.71. The van der Waals surface area contributed by atoms with Gasteiger partial charge in [0.05, 0.1) is 6.10 Å². The Morgan fingerprint density at radius 3 is 2.39 bits per heavy atom. The van der Waals surface area contributed by atoms with E-state index in [2.05, 4.69) is 48.5 Å². The lowest BCUT2D eigenvalue weighted by molar-refractivity contribution is 0.0977. The summed E-state index contributed by atoms with van der Waals surface area (Å²) in [6.45, 7) is 8.46. The first kappa shape index (κ1) is 25.4. The van der Waals surface area contributed by atoms with Crippen molar-refractivity contribution >= 4 is 40.0 Å². The molecule has 0 fully saturated rings. The van der Waals surface area contributed by atoms with Crippen molar-refractivity contribution in [3.63, 3.8) is 0 Å². The van der Waals surface area contributed by atoms with Gasteiger partial charge >= 0.3 is 0 Å². The molecule has 0 bridgehead atoms. The average molecular weight is 502 g/mol. The second-order valence-electron chi connectivity index (χ2n) is 8.90. The molecule has 7 heteroatoms. The van der Waals surface area contributed by atoms with Crippen LogP contribution < -0.4 is 15.4 Å². The highest BCUT2D eigenvalue weighted by molar-refractivity contribution is 7.80. The number of amides is 1. The minimum absolute atomic E-state index is 0.123. The Bertz CT molecular complexity index is 1350. The van der Waals surface area contributed by atoms with E-state index in [1.165, 1.54) is 5.56 Å². The van der Waals surface area contributed by atoms with Gasteiger partial charge in [0.25, 0.3) is 5.91 Å². The van der Waals surface area contributed by atoms with Gasteiger partial charge in [0, 0.05) is 16.8 Å². The van der Waals surface area contributed by atoms with Gasteiger partial charge in [-0.05, 0) is 104 Å². The van der Waals surface area contributed by atoms with E-state index in [0.717, 1.165) is 40.9 Å². The molecule has 1 aromatic heterocycles. The van der Waals surface area contributed by atoms with E-state index in [9.17, 15) is 4.79 Å². The van der Waals surface area contributed by atoms with Gasteiger partial charge in [-0.2, -0.15) is 0 Å². The fourth-order valence-electron chi connectivity index (χ4n) is 3.64. The molecule has 6 nitrogen and oxygen atoms in total. The van der Waals surface area contributed by atoms with Gasteiger partial charge in [-0.25, -0.2) is 4.98 Å². The van der Waals surface area contributed by atoms with Crippen molar-refractivity contribution in [3.8, 4) is 17.2 Å². The van der Waals surface area contributed by atoms with Crippen LogP contribution in [0.25, 0.3) is 22.6 Å². The summed E-state index contributed by atoms with van der Waals surface area (Å²) in [6, 6.07) is 20.7. The van der Waals surface area contributed by atoms with Crippen LogP contribution in [-0.2, 0) is 0 Å². The van der Waals surface area contributed by atoms with Crippen LogP contribution in [0.4, 0.5) is 5.69 Å². The maximum absolute atomic E-state index is 12.5. The van der Waals surface area contributed by atoms with Gasteiger partial charge in [0.1, 0.15) is 11.3 Å². The zero-order chi connectivity index (χ0) is 25.7. The topological polar surface area (TPSA) is 76.4 Å². The first-order valence-electron chi connectivity index (χ1n) is 12.3. The molecule has 0 aliphatic heterocycles. The Balaban J connectivity index is 1.36. The largest absolute Gasteiger partial charge is 0.491 e. The highest BCUT2D eigenvalue weighted by Gasteiger charge is 2.12. The summed E-state index contributed by atoms with van der Waals surface area (Å²) >= 11 is 5.33. The fourth-order valence-corrected chi connectivity index (χ4v) is 3.85. The van der Waals surface area contributed by atoms with Crippen LogP contribution >= 0.6 is 12.2 Å². The van der Waals surface area contributed by atoms with Gasteiger partial charge in [-0.1, -0.05) is 26.8 Å². The van der Waals surface area contributed by atoms with Crippen molar-refractivity contribution in [1.82, 2.24) is 10.3 Å². The molecule has 1 heterocycles. The molecule has 0 aliphatic rings. The molecule has 36 heavy (non-hydrogen) atoms. The molecule has 0 saturated carbocycles. The lowest BCUT2D eigenvalue weighted by atomic mass is 9.98. The molecule has 1 amide bonds. The number of benzene rings is 3. The number of fused-ring (bicyclic) bond motifs is 1. The second kappa shape index (κ2) is 11.4.